The van der Waals surface area contributed by atoms with Gasteiger partial charge in [-0.25, -0.2) is 14.6 Å². The van der Waals surface area contributed by atoms with Crippen molar-refractivity contribution in [2.75, 3.05) is 56.4 Å². The highest BCUT2D eigenvalue weighted by Gasteiger charge is 2.37. The molecule has 5 amide bonds. The third-order valence-corrected chi connectivity index (χ3v) is 12.3. The molecule has 5 aromatic rings. The van der Waals surface area contributed by atoms with Gasteiger partial charge in [-0.2, -0.15) is 0 Å². The Hall–Kier alpha value is -7.14. The highest BCUT2D eigenvalue weighted by molar-refractivity contribution is 6.19. The summed E-state index contributed by atoms with van der Waals surface area (Å²) < 4.78 is 13.4. The summed E-state index contributed by atoms with van der Waals surface area (Å²) in [5.74, 6) is -2.04. The van der Waals surface area contributed by atoms with Crippen LogP contribution in [0.5, 0.6) is 11.5 Å². The number of carboxylic acid groups (broad SMARTS) is 1. The number of amides is 5. The second kappa shape index (κ2) is 19.3. The molecule has 0 bridgehead atoms. The van der Waals surface area contributed by atoms with E-state index >= 15 is 0 Å². The van der Waals surface area contributed by atoms with E-state index in [1.807, 2.05) is 31.2 Å². The van der Waals surface area contributed by atoms with Gasteiger partial charge in [0.25, 0.3) is 11.8 Å². The number of phenols is 1. The van der Waals surface area contributed by atoms with Crippen LogP contribution in [0.3, 0.4) is 0 Å². The monoisotopic (exact) mass is 907 g/mol. The number of pyridine rings is 1. The number of aromatic nitrogens is 2. The SMILES string of the molecule is Cc1cccc2c(OC(=O)N(C)CCN(C)C(=O)O[C@H]3/C=C/CC[C@@](C)(C(=O)NCC(=O)O)CC3)cc3c(c12)[C@H](CCl)CN3C(=O)c1cn2cc(NC(=O)c3ccc(O)cc3)ccc2n1. The van der Waals surface area contributed by atoms with Crippen molar-refractivity contribution in [1.29, 1.82) is 0 Å². The average Bonchev–Trinajstić information content (AvgIpc) is 3.88. The molecule has 3 heterocycles. The zero-order valence-electron chi connectivity index (χ0n) is 36.4. The van der Waals surface area contributed by atoms with Crippen LogP contribution in [0.25, 0.3) is 16.4 Å². The van der Waals surface area contributed by atoms with Crippen LogP contribution in [0.2, 0.25) is 0 Å². The number of likely N-dealkylation sites (N-methyl/N-ethyl adjacent to an activating group) is 2. The number of carbonyl (C=O) groups excluding carboxylic acids is 5. The van der Waals surface area contributed by atoms with Crippen molar-refractivity contribution in [3.8, 4) is 11.5 Å². The van der Waals surface area contributed by atoms with E-state index < -0.39 is 42.1 Å². The summed E-state index contributed by atoms with van der Waals surface area (Å²) in [5, 5.41) is 25.3. The Labute approximate surface area is 379 Å². The molecule has 65 heavy (non-hydrogen) atoms. The van der Waals surface area contributed by atoms with Crippen LogP contribution in [0, 0.1) is 12.3 Å². The molecule has 18 heteroatoms. The molecule has 0 unspecified atom stereocenters. The molecule has 7 rings (SSSR count). The van der Waals surface area contributed by atoms with Crippen LogP contribution in [0.4, 0.5) is 21.0 Å². The summed E-state index contributed by atoms with van der Waals surface area (Å²) in [7, 11) is 3.09. The predicted octanol–water partition coefficient (Wildman–Crippen LogP) is 6.94. The summed E-state index contributed by atoms with van der Waals surface area (Å²) in [6.07, 6.45) is 6.72. The van der Waals surface area contributed by atoms with Gasteiger partial charge in [-0.3, -0.25) is 19.2 Å². The molecule has 340 valence electrons. The van der Waals surface area contributed by atoms with Gasteiger partial charge in [-0.1, -0.05) is 31.2 Å². The fraction of sp³-hybridized carbons (Fsp3) is 0.340. The number of carbonyl (C=O) groups is 6. The zero-order chi connectivity index (χ0) is 46.6. The maximum absolute atomic E-state index is 14.4. The minimum absolute atomic E-state index is 0.0430. The summed E-state index contributed by atoms with van der Waals surface area (Å²) in [4.78, 5) is 86.7. The van der Waals surface area contributed by atoms with E-state index in [1.165, 1.54) is 34.1 Å². The van der Waals surface area contributed by atoms with E-state index in [1.54, 1.807) is 67.0 Å². The number of phenolic OH excluding ortho intramolecular Hbond substituents is 1. The van der Waals surface area contributed by atoms with Gasteiger partial charge < -0.3 is 49.4 Å². The van der Waals surface area contributed by atoms with Crippen LogP contribution >= 0.6 is 11.6 Å². The smallest absolute Gasteiger partial charge is 0.415 e. The first-order chi connectivity index (χ1) is 31.0. The highest BCUT2D eigenvalue weighted by Crippen LogP contribution is 2.47. The number of hydrogen-bond donors (Lipinski definition) is 4. The van der Waals surface area contributed by atoms with Crippen LogP contribution < -0.4 is 20.3 Å². The number of carboxylic acids is 1. The van der Waals surface area contributed by atoms with Crippen LogP contribution in [0.1, 0.15) is 70.5 Å². The van der Waals surface area contributed by atoms with Crippen molar-refractivity contribution in [1.82, 2.24) is 24.5 Å². The molecule has 3 aromatic carbocycles. The largest absolute Gasteiger partial charge is 0.508 e. The number of fused-ring (bicyclic) bond motifs is 4. The van der Waals surface area contributed by atoms with Gasteiger partial charge in [0, 0.05) is 80.4 Å². The van der Waals surface area contributed by atoms with Crippen molar-refractivity contribution in [2.45, 2.75) is 51.6 Å². The molecule has 0 saturated heterocycles. The van der Waals surface area contributed by atoms with Gasteiger partial charge in [0.05, 0.1) is 11.4 Å². The number of ether oxygens (including phenoxy) is 2. The van der Waals surface area contributed by atoms with Gasteiger partial charge in [-0.05, 0) is 91.6 Å². The van der Waals surface area contributed by atoms with Crippen molar-refractivity contribution < 1.29 is 48.5 Å². The first-order valence-electron chi connectivity index (χ1n) is 21.1. The number of anilines is 2. The molecule has 17 nitrogen and oxygen atoms in total. The van der Waals surface area contributed by atoms with Gasteiger partial charge in [0.1, 0.15) is 35.5 Å². The molecule has 2 aromatic heterocycles. The fourth-order valence-electron chi connectivity index (χ4n) is 8.11. The number of nitrogens with zero attached hydrogens (tertiary/aromatic N) is 5. The number of aliphatic carboxylic acids is 1. The van der Waals surface area contributed by atoms with Crippen LogP contribution in [-0.4, -0.2) is 118 Å². The van der Waals surface area contributed by atoms with Crippen molar-refractivity contribution in [2.24, 2.45) is 5.41 Å². The number of halogens is 1. The number of benzene rings is 3. The lowest BCUT2D eigenvalue weighted by molar-refractivity contribution is -0.140. The second-order valence-electron chi connectivity index (χ2n) is 16.7. The number of nitrogens with one attached hydrogen (secondary N) is 2. The minimum atomic E-state index is -1.13. The van der Waals surface area contributed by atoms with E-state index in [0.29, 0.717) is 53.7 Å². The van der Waals surface area contributed by atoms with E-state index in [9.17, 15) is 33.9 Å². The molecular formula is C47H50ClN7O10. The molecule has 1 aliphatic heterocycles. The van der Waals surface area contributed by atoms with Crippen molar-refractivity contribution >= 4 is 75.3 Å². The highest BCUT2D eigenvalue weighted by atomic mass is 35.5. The van der Waals surface area contributed by atoms with E-state index in [4.69, 9.17) is 26.2 Å². The molecule has 2 aliphatic rings. The lowest BCUT2D eigenvalue weighted by atomic mass is 9.78. The van der Waals surface area contributed by atoms with Crippen LogP contribution in [0.15, 0.2) is 85.2 Å². The quantitative estimate of drug-likeness (QED) is 0.0744. The third kappa shape index (κ3) is 10.1. The first kappa shape index (κ1) is 45.9. The molecule has 0 fully saturated rings. The molecule has 4 N–H and O–H groups in total. The molecular weight excluding hydrogens is 858 g/mol. The topological polar surface area (TPSA) is 212 Å². The van der Waals surface area contributed by atoms with Crippen molar-refractivity contribution in [3.05, 3.63) is 108 Å². The van der Waals surface area contributed by atoms with E-state index in [-0.39, 0.29) is 60.4 Å². The number of hydrogen-bond acceptors (Lipinski definition) is 10. The fourth-order valence-corrected chi connectivity index (χ4v) is 8.36. The van der Waals surface area contributed by atoms with Gasteiger partial charge in [-0.15, -0.1) is 11.6 Å². The first-order valence-corrected chi connectivity index (χ1v) is 21.6. The Kier molecular flexibility index (Phi) is 13.6. The number of allylic oxidation sites excluding steroid dienone is 1. The Morgan fingerprint density at radius 1 is 0.969 bits per heavy atom. The summed E-state index contributed by atoms with van der Waals surface area (Å²) in [6.45, 7) is 3.68. The lowest BCUT2D eigenvalue weighted by Crippen LogP contribution is -2.42. The Balaban J connectivity index is 1.03. The predicted molar refractivity (Wildman–Crippen MR) is 243 cm³/mol. The number of rotatable bonds is 12. The van der Waals surface area contributed by atoms with Gasteiger partial charge in [0.2, 0.25) is 5.91 Å². The second-order valence-corrected chi connectivity index (χ2v) is 17.0. The Morgan fingerprint density at radius 3 is 2.43 bits per heavy atom. The van der Waals surface area contributed by atoms with Gasteiger partial charge in [0.15, 0.2) is 0 Å². The number of aromatic hydroxyl groups is 1. The van der Waals surface area contributed by atoms with Crippen LogP contribution in [-0.2, 0) is 14.3 Å². The summed E-state index contributed by atoms with van der Waals surface area (Å²) in [5.41, 5.74) is 2.87. The normalized spacial score (nSPS) is 18.5. The number of aryl methyl sites for hydroxylation is 1. The zero-order valence-corrected chi connectivity index (χ0v) is 37.1. The third-order valence-electron chi connectivity index (χ3n) is 11.9. The lowest BCUT2D eigenvalue weighted by Gasteiger charge is -2.31. The maximum Gasteiger partial charge on any atom is 0.415 e. The average molecular weight is 908 g/mol. The maximum atomic E-state index is 14.4. The van der Waals surface area contributed by atoms with Gasteiger partial charge >= 0.3 is 18.2 Å². The minimum Gasteiger partial charge on any atom is -0.508 e. The molecule has 0 radical (unpaired) electrons. The standard InChI is InChI=1S/C47H50ClN7O10/c1-28-8-7-10-34-37(65-46(63)53(4)21-20-52(3)45(62)64-33-9-5-6-18-47(2,19-17-33)44(61)49-24-39(57)58)22-36-41(40(28)34)30(23-48)25-55(36)43(60)35-27-54-26-31(13-16-38(54)51-35)50-42(59)29-11-14-32(56)15-12-29/h5,7-16,22,26-27,30,33,56H,6,17-21,23-25H2,1-4H3,(H,49,61)(H,50,59)(H,57,58)/b9-5+/t30-,33+,47-/m1/s1. The molecule has 3 atom stereocenters. The van der Waals surface area contributed by atoms with Crippen molar-refractivity contribution in [3.63, 3.8) is 0 Å². The molecule has 0 spiro atoms. The molecule has 1 aliphatic carbocycles. The Morgan fingerprint density at radius 2 is 1.71 bits per heavy atom. The Bertz CT molecular complexity index is 2700. The number of imidazole rings is 1. The molecule has 0 saturated carbocycles. The number of alkyl halides is 1. The van der Waals surface area contributed by atoms with E-state index in [2.05, 4.69) is 15.6 Å². The van der Waals surface area contributed by atoms with E-state index in [0.717, 1.165) is 16.5 Å². The summed E-state index contributed by atoms with van der Waals surface area (Å²) in [6, 6.07) is 16.5. The summed E-state index contributed by atoms with van der Waals surface area (Å²) >= 11 is 6.57.